The summed E-state index contributed by atoms with van der Waals surface area (Å²) in [4.78, 5) is 24.2. The SMILES string of the molecule is O=C(C=Cc1cccs1)NNC(=O)c1ccc(Cl)cc1. The summed E-state index contributed by atoms with van der Waals surface area (Å²) in [5.74, 6) is -0.805. The Labute approximate surface area is 125 Å². The Hall–Kier alpha value is -2.11. The number of hydrazine groups is 1. The van der Waals surface area contributed by atoms with Crippen LogP contribution in [0.5, 0.6) is 0 Å². The Kier molecular flexibility index (Phi) is 4.92. The Morgan fingerprint density at radius 1 is 1.10 bits per heavy atom. The van der Waals surface area contributed by atoms with Crippen molar-refractivity contribution in [3.8, 4) is 0 Å². The first-order chi connectivity index (χ1) is 9.65. The summed E-state index contributed by atoms with van der Waals surface area (Å²) >= 11 is 7.25. The topological polar surface area (TPSA) is 58.2 Å². The molecular weight excluding hydrogens is 296 g/mol. The van der Waals surface area contributed by atoms with E-state index < -0.39 is 11.8 Å². The lowest BCUT2D eigenvalue weighted by molar-refractivity contribution is -0.117. The fourth-order valence-corrected chi connectivity index (χ4v) is 2.12. The molecule has 2 amide bonds. The van der Waals surface area contributed by atoms with Gasteiger partial charge in [0.1, 0.15) is 0 Å². The van der Waals surface area contributed by atoms with Gasteiger partial charge in [-0.2, -0.15) is 0 Å². The number of hydrogen-bond acceptors (Lipinski definition) is 3. The van der Waals surface area contributed by atoms with E-state index in [9.17, 15) is 9.59 Å². The number of carbonyl (C=O) groups is 2. The van der Waals surface area contributed by atoms with Gasteiger partial charge in [0.15, 0.2) is 0 Å². The first-order valence-corrected chi connectivity index (χ1v) is 6.98. The molecule has 0 saturated heterocycles. The monoisotopic (exact) mass is 306 g/mol. The van der Waals surface area contributed by atoms with Gasteiger partial charge in [0, 0.05) is 21.5 Å². The van der Waals surface area contributed by atoms with Gasteiger partial charge in [0.05, 0.1) is 0 Å². The number of rotatable bonds is 3. The van der Waals surface area contributed by atoms with Gasteiger partial charge in [-0.25, -0.2) is 0 Å². The minimum absolute atomic E-state index is 0.402. The van der Waals surface area contributed by atoms with Gasteiger partial charge in [-0.1, -0.05) is 17.7 Å². The zero-order valence-electron chi connectivity index (χ0n) is 10.3. The molecule has 0 spiro atoms. The van der Waals surface area contributed by atoms with Crippen molar-refractivity contribution in [2.75, 3.05) is 0 Å². The van der Waals surface area contributed by atoms with Crippen LogP contribution in [0.1, 0.15) is 15.2 Å². The Balaban J connectivity index is 1.84. The molecule has 1 aromatic heterocycles. The number of halogens is 1. The number of nitrogens with one attached hydrogen (secondary N) is 2. The van der Waals surface area contributed by atoms with Crippen LogP contribution < -0.4 is 10.9 Å². The van der Waals surface area contributed by atoms with Crippen LogP contribution in [0.2, 0.25) is 5.02 Å². The molecule has 102 valence electrons. The molecule has 1 aromatic carbocycles. The Morgan fingerprint density at radius 3 is 2.50 bits per heavy atom. The zero-order valence-corrected chi connectivity index (χ0v) is 11.9. The summed E-state index contributed by atoms with van der Waals surface area (Å²) in [7, 11) is 0. The van der Waals surface area contributed by atoms with E-state index in [1.54, 1.807) is 30.3 Å². The summed E-state index contributed by atoms with van der Waals surface area (Å²) in [6.45, 7) is 0. The molecule has 0 fully saturated rings. The van der Waals surface area contributed by atoms with Crippen LogP contribution in [0.15, 0.2) is 47.9 Å². The number of benzene rings is 1. The van der Waals surface area contributed by atoms with Gasteiger partial charge in [0.25, 0.3) is 11.8 Å². The molecule has 4 nitrogen and oxygen atoms in total. The van der Waals surface area contributed by atoms with E-state index in [2.05, 4.69) is 10.9 Å². The molecule has 0 atom stereocenters. The van der Waals surface area contributed by atoms with E-state index >= 15 is 0 Å². The van der Waals surface area contributed by atoms with Crippen molar-refractivity contribution in [2.24, 2.45) is 0 Å². The maximum Gasteiger partial charge on any atom is 0.269 e. The van der Waals surface area contributed by atoms with Crippen molar-refractivity contribution >= 4 is 40.8 Å². The highest BCUT2D eigenvalue weighted by molar-refractivity contribution is 7.10. The minimum Gasteiger partial charge on any atom is -0.268 e. The van der Waals surface area contributed by atoms with E-state index in [4.69, 9.17) is 11.6 Å². The summed E-state index contributed by atoms with van der Waals surface area (Å²) in [5, 5.41) is 2.46. The zero-order chi connectivity index (χ0) is 14.4. The lowest BCUT2D eigenvalue weighted by Gasteiger charge is -2.05. The van der Waals surface area contributed by atoms with Gasteiger partial charge in [-0.05, 0) is 41.8 Å². The highest BCUT2D eigenvalue weighted by atomic mass is 35.5. The van der Waals surface area contributed by atoms with Crippen molar-refractivity contribution in [3.63, 3.8) is 0 Å². The van der Waals surface area contributed by atoms with Crippen LogP contribution in [0.25, 0.3) is 6.08 Å². The average Bonchev–Trinajstić information content (AvgIpc) is 2.96. The van der Waals surface area contributed by atoms with E-state index in [-0.39, 0.29) is 0 Å². The standard InChI is InChI=1S/C14H11ClN2O2S/c15-11-5-3-10(4-6-11)14(19)17-16-13(18)8-7-12-2-1-9-20-12/h1-9H,(H,16,18)(H,17,19). The van der Waals surface area contributed by atoms with Gasteiger partial charge in [0.2, 0.25) is 0 Å². The minimum atomic E-state index is -0.403. The second-order valence-corrected chi connectivity index (χ2v) is 5.21. The number of amides is 2. The molecule has 0 unspecified atom stereocenters. The molecule has 2 aromatic rings. The summed E-state index contributed by atoms with van der Waals surface area (Å²) in [6, 6.07) is 10.1. The van der Waals surface area contributed by atoms with Crippen LogP contribution in [0, 0.1) is 0 Å². The molecule has 0 saturated carbocycles. The highest BCUT2D eigenvalue weighted by Crippen LogP contribution is 2.10. The van der Waals surface area contributed by atoms with Gasteiger partial charge >= 0.3 is 0 Å². The largest absolute Gasteiger partial charge is 0.269 e. The quantitative estimate of drug-likeness (QED) is 0.676. The molecule has 1 heterocycles. The molecular formula is C14H11ClN2O2S. The summed E-state index contributed by atoms with van der Waals surface area (Å²) < 4.78 is 0. The highest BCUT2D eigenvalue weighted by Gasteiger charge is 2.05. The third kappa shape index (κ3) is 4.22. The molecule has 0 aliphatic carbocycles. The Morgan fingerprint density at radius 2 is 1.85 bits per heavy atom. The number of hydrogen-bond donors (Lipinski definition) is 2. The predicted molar refractivity (Wildman–Crippen MR) is 80.4 cm³/mol. The third-order valence-corrected chi connectivity index (χ3v) is 3.44. The van der Waals surface area contributed by atoms with Crippen LogP contribution in [-0.4, -0.2) is 11.8 Å². The maximum atomic E-state index is 11.7. The van der Waals surface area contributed by atoms with E-state index in [1.807, 2.05) is 17.5 Å². The third-order valence-electron chi connectivity index (χ3n) is 2.35. The summed E-state index contributed by atoms with van der Waals surface area (Å²) in [6.07, 6.45) is 3.03. The van der Waals surface area contributed by atoms with E-state index in [0.717, 1.165) is 4.88 Å². The molecule has 6 heteroatoms. The molecule has 0 aliphatic heterocycles. The van der Waals surface area contributed by atoms with E-state index in [1.165, 1.54) is 17.4 Å². The smallest absolute Gasteiger partial charge is 0.268 e. The fraction of sp³-hybridized carbons (Fsp3) is 0. The predicted octanol–water partition coefficient (Wildman–Crippen LogP) is 2.88. The second kappa shape index (κ2) is 6.88. The number of carbonyl (C=O) groups excluding carboxylic acids is 2. The van der Waals surface area contributed by atoms with Crippen molar-refractivity contribution in [1.29, 1.82) is 0 Å². The van der Waals surface area contributed by atoms with Crippen molar-refractivity contribution in [3.05, 3.63) is 63.3 Å². The molecule has 0 radical (unpaired) electrons. The van der Waals surface area contributed by atoms with Gasteiger partial charge in [-0.3, -0.25) is 20.4 Å². The maximum absolute atomic E-state index is 11.7. The van der Waals surface area contributed by atoms with Crippen LogP contribution >= 0.6 is 22.9 Å². The van der Waals surface area contributed by atoms with E-state index in [0.29, 0.717) is 10.6 Å². The fourth-order valence-electron chi connectivity index (χ4n) is 1.38. The van der Waals surface area contributed by atoms with Gasteiger partial charge in [-0.15, -0.1) is 11.3 Å². The molecule has 20 heavy (non-hydrogen) atoms. The van der Waals surface area contributed by atoms with Crippen LogP contribution in [0.4, 0.5) is 0 Å². The normalized spacial score (nSPS) is 10.4. The van der Waals surface area contributed by atoms with Crippen molar-refractivity contribution in [2.45, 2.75) is 0 Å². The lowest BCUT2D eigenvalue weighted by Crippen LogP contribution is -2.40. The first kappa shape index (κ1) is 14.3. The average molecular weight is 307 g/mol. The van der Waals surface area contributed by atoms with Crippen molar-refractivity contribution in [1.82, 2.24) is 10.9 Å². The summed E-state index contributed by atoms with van der Waals surface area (Å²) in [5.41, 5.74) is 5.04. The molecule has 2 N–H and O–H groups in total. The Bertz CT molecular complexity index is 621. The molecule has 2 rings (SSSR count). The molecule has 0 bridgehead atoms. The van der Waals surface area contributed by atoms with Crippen molar-refractivity contribution < 1.29 is 9.59 Å². The second-order valence-electron chi connectivity index (χ2n) is 3.80. The first-order valence-electron chi connectivity index (χ1n) is 5.72. The van der Waals surface area contributed by atoms with Crippen LogP contribution in [0.3, 0.4) is 0 Å². The number of thiophene rings is 1. The lowest BCUT2D eigenvalue weighted by atomic mass is 10.2. The van der Waals surface area contributed by atoms with Gasteiger partial charge < -0.3 is 0 Å². The van der Waals surface area contributed by atoms with Crippen LogP contribution in [-0.2, 0) is 4.79 Å². The molecule has 0 aliphatic rings.